The fraction of sp³-hybridized carbons (Fsp3) is 0.636. The van der Waals surface area contributed by atoms with Gasteiger partial charge in [-0.25, -0.2) is 19.9 Å². The van der Waals surface area contributed by atoms with Crippen molar-refractivity contribution in [3.8, 4) is 0 Å². The summed E-state index contributed by atoms with van der Waals surface area (Å²) in [5.41, 5.74) is 2.65. The van der Waals surface area contributed by atoms with Gasteiger partial charge in [-0.3, -0.25) is 0 Å². The lowest BCUT2D eigenvalue weighted by atomic mass is 10.1. The van der Waals surface area contributed by atoms with Gasteiger partial charge in [0.15, 0.2) is 0 Å². The van der Waals surface area contributed by atoms with Crippen LogP contribution in [0.3, 0.4) is 0 Å². The molecule has 29 heavy (non-hydrogen) atoms. The molecule has 0 atom stereocenters. The highest BCUT2D eigenvalue weighted by atomic mass is 15.3. The molecule has 4 heterocycles. The molecule has 0 radical (unpaired) electrons. The molecule has 154 valence electrons. The van der Waals surface area contributed by atoms with Crippen molar-refractivity contribution in [1.82, 2.24) is 19.9 Å². The van der Waals surface area contributed by atoms with Gasteiger partial charge in [0.25, 0.3) is 0 Å². The molecule has 7 nitrogen and oxygen atoms in total. The Bertz CT molecular complexity index is 883. The van der Waals surface area contributed by atoms with Crippen molar-refractivity contribution < 1.29 is 0 Å². The topological polar surface area (TPSA) is 61.3 Å². The second-order valence-electron chi connectivity index (χ2n) is 8.53. The standard InChI is InChI=1S/C22H31N7/c1-16-23-19-8-6-7-18(19)22(26-16)29-13-11-28(12-14-29)21-15-20(24-17(2)25-21)27-9-4-3-5-10-27/h15H,3-14H2,1-2H3. The number of hydrogen-bond acceptors (Lipinski definition) is 7. The highest BCUT2D eigenvalue weighted by molar-refractivity contribution is 5.55. The number of fused-ring (bicyclic) bond motifs is 1. The summed E-state index contributed by atoms with van der Waals surface area (Å²) in [6.07, 6.45) is 7.29. The molecule has 2 fully saturated rings. The number of nitrogens with zero attached hydrogens (tertiary/aromatic N) is 7. The van der Waals surface area contributed by atoms with Gasteiger partial charge in [0.05, 0.1) is 0 Å². The molecule has 0 aromatic carbocycles. The lowest BCUT2D eigenvalue weighted by molar-refractivity contribution is 0.571. The number of piperazine rings is 1. The number of aromatic nitrogens is 4. The fourth-order valence-corrected chi connectivity index (χ4v) is 4.93. The second-order valence-corrected chi connectivity index (χ2v) is 8.53. The van der Waals surface area contributed by atoms with Crippen LogP contribution in [-0.4, -0.2) is 59.2 Å². The van der Waals surface area contributed by atoms with E-state index in [-0.39, 0.29) is 0 Å². The minimum absolute atomic E-state index is 0.870. The molecule has 2 aromatic rings. The van der Waals surface area contributed by atoms with E-state index >= 15 is 0 Å². The summed E-state index contributed by atoms with van der Waals surface area (Å²) < 4.78 is 0. The molecule has 0 bridgehead atoms. The van der Waals surface area contributed by atoms with Crippen LogP contribution in [0.1, 0.15) is 48.6 Å². The molecule has 5 rings (SSSR count). The van der Waals surface area contributed by atoms with Gasteiger partial charge >= 0.3 is 0 Å². The smallest absolute Gasteiger partial charge is 0.135 e. The van der Waals surface area contributed by atoms with Crippen LogP contribution in [-0.2, 0) is 12.8 Å². The van der Waals surface area contributed by atoms with Gasteiger partial charge in [0, 0.05) is 56.6 Å². The van der Waals surface area contributed by atoms with Gasteiger partial charge in [0.1, 0.15) is 29.1 Å². The van der Waals surface area contributed by atoms with E-state index in [0.717, 1.165) is 75.4 Å². The Balaban J connectivity index is 1.32. The van der Waals surface area contributed by atoms with E-state index in [4.69, 9.17) is 15.0 Å². The van der Waals surface area contributed by atoms with Crippen LogP contribution >= 0.6 is 0 Å². The van der Waals surface area contributed by atoms with Crippen molar-refractivity contribution in [2.75, 3.05) is 54.0 Å². The molecule has 0 amide bonds. The first-order valence-electron chi connectivity index (χ1n) is 11.1. The monoisotopic (exact) mass is 393 g/mol. The van der Waals surface area contributed by atoms with E-state index < -0.39 is 0 Å². The van der Waals surface area contributed by atoms with Crippen LogP contribution in [0, 0.1) is 13.8 Å². The van der Waals surface area contributed by atoms with Crippen molar-refractivity contribution in [2.24, 2.45) is 0 Å². The third-order valence-corrected chi connectivity index (χ3v) is 6.42. The Morgan fingerprint density at radius 2 is 1.24 bits per heavy atom. The summed E-state index contributed by atoms with van der Waals surface area (Å²) >= 11 is 0. The maximum absolute atomic E-state index is 4.82. The second kappa shape index (κ2) is 7.76. The summed E-state index contributed by atoms with van der Waals surface area (Å²) in [6, 6.07) is 2.19. The van der Waals surface area contributed by atoms with Crippen molar-refractivity contribution in [1.29, 1.82) is 0 Å². The zero-order chi connectivity index (χ0) is 19.8. The Kier molecular flexibility index (Phi) is 4.97. The predicted molar refractivity (Wildman–Crippen MR) is 116 cm³/mol. The molecule has 0 spiro atoms. The van der Waals surface area contributed by atoms with Gasteiger partial charge in [-0.15, -0.1) is 0 Å². The molecule has 2 aliphatic heterocycles. The van der Waals surface area contributed by atoms with Crippen LogP contribution in [0.5, 0.6) is 0 Å². The molecular formula is C22H31N7. The first-order chi connectivity index (χ1) is 14.2. The lowest BCUT2D eigenvalue weighted by Crippen LogP contribution is -2.47. The third-order valence-electron chi connectivity index (χ3n) is 6.42. The summed E-state index contributed by atoms with van der Waals surface area (Å²) in [5, 5.41) is 0. The number of anilines is 3. The molecule has 0 saturated carbocycles. The predicted octanol–water partition coefficient (Wildman–Crippen LogP) is 2.69. The van der Waals surface area contributed by atoms with Crippen molar-refractivity contribution in [3.63, 3.8) is 0 Å². The van der Waals surface area contributed by atoms with Crippen molar-refractivity contribution in [2.45, 2.75) is 52.4 Å². The van der Waals surface area contributed by atoms with Gasteiger partial charge in [-0.2, -0.15) is 0 Å². The number of rotatable bonds is 3. The number of hydrogen-bond donors (Lipinski definition) is 0. The molecule has 1 aliphatic carbocycles. The first kappa shape index (κ1) is 18.6. The Morgan fingerprint density at radius 3 is 1.97 bits per heavy atom. The number of aryl methyl sites for hydroxylation is 3. The molecule has 7 heteroatoms. The first-order valence-corrected chi connectivity index (χ1v) is 11.1. The van der Waals surface area contributed by atoms with Crippen LogP contribution in [0.2, 0.25) is 0 Å². The van der Waals surface area contributed by atoms with E-state index in [1.165, 1.54) is 42.8 Å². The average molecular weight is 394 g/mol. The molecular weight excluding hydrogens is 362 g/mol. The van der Waals surface area contributed by atoms with Crippen LogP contribution < -0.4 is 14.7 Å². The van der Waals surface area contributed by atoms with Gasteiger partial charge in [-0.05, 0) is 52.4 Å². The molecule has 2 saturated heterocycles. The Labute approximate surface area is 173 Å². The molecule has 0 N–H and O–H groups in total. The van der Waals surface area contributed by atoms with E-state index in [9.17, 15) is 0 Å². The van der Waals surface area contributed by atoms with Crippen LogP contribution in [0.15, 0.2) is 6.07 Å². The fourth-order valence-electron chi connectivity index (χ4n) is 4.93. The normalized spacial score (nSPS) is 19.6. The molecule has 0 unspecified atom stereocenters. The summed E-state index contributed by atoms with van der Waals surface area (Å²) in [7, 11) is 0. The highest BCUT2D eigenvalue weighted by Gasteiger charge is 2.26. The number of piperidine rings is 1. The Hall–Kier alpha value is -2.44. The maximum Gasteiger partial charge on any atom is 0.135 e. The zero-order valence-electron chi connectivity index (χ0n) is 17.7. The van der Waals surface area contributed by atoms with Gasteiger partial charge in [0.2, 0.25) is 0 Å². The van der Waals surface area contributed by atoms with Crippen LogP contribution in [0.4, 0.5) is 17.5 Å². The SMILES string of the molecule is Cc1nc(N2CCCCC2)cc(N2CCN(c3nc(C)nc4c3CCC4)CC2)n1. The summed E-state index contributed by atoms with van der Waals surface area (Å²) in [4.78, 5) is 26.3. The molecule has 2 aromatic heterocycles. The van der Waals surface area contributed by atoms with E-state index in [1.54, 1.807) is 0 Å². The van der Waals surface area contributed by atoms with E-state index in [0.29, 0.717) is 0 Å². The van der Waals surface area contributed by atoms with Crippen molar-refractivity contribution >= 4 is 17.5 Å². The average Bonchev–Trinajstić information content (AvgIpc) is 3.22. The van der Waals surface area contributed by atoms with E-state index in [1.807, 2.05) is 13.8 Å². The maximum atomic E-state index is 4.82. The van der Waals surface area contributed by atoms with Crippen LogP contribution in [0.25, 0.3) is 0 Å². The quantitative estimate of drug-likeness (QED) is 0.794. The Morgan fingerprint density at radius 1 is 0.621 bits per heavy atom. The summed E-state index contributed by atoms with van der Waals surface area (Å²) in [6.45, 7) is 10.1. The largest absolute Gasteiger partial charge is 0.356 e. The lowest BCUT2D eigenvalue weighted by Gasteiger charge is -2.37. The zero-order valence-corrected chi connectivity index (χ0v) is 17.7. The highest BCUT2D eigenvalue weighted by Crippen LogP contribution is 2.30. The third kappa shape index (κ3) is 3.74. The van der Waals surface area contributed by atoms with Crippen molar-refractivity contribution in [3.05, 3.63) is 29.0 Å². The van der Waals surface area contributed by atoms with Gasteiger partial charge < -0.3 is 14.7 Å². The minimum atomic E-state index is 0.870. The minimum Gasteiger partial charge on any atom is -0.356 e. The van der Waals surface area contributed by atoms with E-state index in [2.05, 4.69) is 25.8 Å². The molecule has 3 aliphatic rings. The van der Waals surface area contributed by atoms with Gasteiger partial charge in [-0.1, -0.05) is 0 Å². The summed E-state index contributed by atoms with van der Waals surface area (Å²) in [5.74, 6) is 5.12.